The third kappa shape index (κ3) is 4.06. The third-order valence-electron chi connectivity index (χ3n) is 3.31. The SMILES string of the molecule is CC(=O)N1C=Cc2ccccc2C1CC(=O)NCCN.Cl. The molecule has 0 saturated carbocycles. The number of amides is 2. The minimum atomic E-state index is -0.258. The van der Waals surface area contributed by atoms with Gasteiger partial charge >= 0.3 is 0 Å². The number of halogens is 1. The van der Waals surface area contributed by atoms with E-state index >= 15 is 0 Å². The summed E-state index contributed by atoms with van der Waals surface area (Å²) in [7, 11) is 0. The number of nitrogens with two attached hydrogens (primary N) is 1. The van der Waals surface area contributed by atoms with Crippen molar-refractivity contribution in [3.8, 4) is 0 Å². The Balaban J connectivity index is 0.00000220. The standard InChI is InChI=1S/C15H19N3O2.ClH/c1-11(19)18-9-6-12-4-2-3-5-13(12)14(18)10-15(20)17-8-7-16;/h2-6,9,14H,7-8,10,16H2,1H3,(H,17,20);1H. The van der Waals surface area contributed by atoms with Gasteiger partial charge in [0.2, 0.25) is 11.8 Å². The van der Waals surface area contributed by atoms with Crippen LogP contribution in [0.5, 0.6) is 0 Å². The van der Waals surface area contributed by atoms with Crippen LogP contribution in [0.25, 0.3) is 6.08 Å². The molecule has 0 aromatic heterocycles. The van der Waals surface area contributed by atoms with Gasteiger partial charge < -0.3 is 16.0 Å². The largest absolute Gasteiger partial charge is 0.355 e. The van der Waals surface area contributed by atoms with Crippen molar-refractivity contribution >= 4 is 30.3 Å². The van der Waals surface area contributed by atoms with Crippen LogP contribution in [0.2, 0.25) is 0 Å². The monoisotopic (exact) mass is 309 g/mol. The molecule has 0 bridgehead atoms. The number of nitrogens with zero attached hydrogens (tertiary/aromatic N) is 1. The first-order valence-corrected chi connectivity index (χ1v) is 6.66. The van der Waals surface area contributed by atoms with Crippen LogP contribution in [-0.4, -0.2) is 29.8 Å². The molecule has 1 unspecified atom stereocenters. The lowest BCUT2D eigenvalue weighted by atomic mass is 9.93. The van der Waals surface area contributed by atoms with Crippen molar-refractivity contribution < 1.29 is 9.59 Å². The Morgan fingerprint density at radius 2 is 2.05 bits per heavy atom. The third-order valence-corrected chi connectivity index (χ3v) is 3.31. The summed E-state index contributed by atoms with van der Waals surface area (Å²) in [6, 6.07) is 7.54. The molecule has 114 valence electrons. The van der Waals surface area contributed by atoms with Crippen LogP contribution in [0.1, 0.15) is 30.5 Å². The first-order valence-electron chi connectivity index (χ1n) is 6.66. The predicted octanol–water partition coefficient (Wildman–Crippen LogP) is 1.45. The van der Waals surface area contributed by atoms with Gasteiger partial charge in [0.05, 0.1) is 12.5 Å². The molecule has 1 aromatic rings. The van der Waals surface area contributed by atoms with E-state index in [0.29, 0.717) is 13.1 Å². The fraction of sp³-hybridized carbons (Fsp3) is 0.333. The lowest BCUT2D eigenvalue weighted by Crippen LogP contribution is -2.36. The van der Waals surface area contributed by atoms with Gasteiger partial charge in [-0.1, -0.05) is 24.3 Å². The molecular weight excluding hydrogens is 290 g/mol. The summed E-state index contributed by atoms with van der Waals surface area (Å²) in [5.41, 5.74) is 7.41. The van der Waals surface area contributed by atoms with Crippen LogP contribution in [0.4, 0.5) is 0 Å². The van der Waals surface area contributed by atoms with E-state index in [1.165, 1.54) is 6.92 Å². The van der Waals surface area contributed by atoms with Gasteiger partial charge in [-0.3, -0.25) is 9.59 Å². The van der Waals surface area contributed by atoms with Crippen LogP contribution < -0.4 is 11.1 Å². The van der Waals surface area contributed by atoms with Gasteiger partial charge in [0.25, 0.3) is 0 Å². The molecule has 1 aliphatic heterocycles. The summed E-state index contributed by atoms with van der Waals surface area (Å²) in [6.07, 6.45) is 3.87. The average molecular weight is 310 g/mol. The predicted molar refractivity (Wildman–Crippen MR) is 84.7 cm³/mol. The van der Waals surface area contributed by atoms with Crippen LogP contribution in [-0.2, 0) is 9.59 Å². The molecule has 0 radical (unpaired) electrons. The normalized spacial score (nSPS) is 15.9. The number of hydrogen-bond donors (Lipinski definition) is 2. The zero-order valence-corrected chi connectivity index (χ0v) is 12.7. The second-order valence-electron chi connectivity index (χ2n) is 4.73. The Morgan fingerprint density at radius 3 is 2.71 bits per heavy atom. The molecule has 2 amide bonds. The van der Waals surface area contributed by atoms with Gasteiger partial charge in [-0.05, 0) is 17.2 Å². The van der Waals surface area contributed by atoms with Crippen molar-refractivity contribution in [1.82, 2.24) is 10.2 Å². The molecule has 0 saturated heterocycles. The van der Waals surface area contributed by atoms with E-state index in [2.05, 4.69) is 5.32 Å². The first kappa shape index (κ1) is 17.2. The van der Waals surface area contributed by atoms with Crippen molar-refractivity contribution in [2.24, 2.45) is 5.73 Å². The van der Waals surface area contributed by atoms with Crippen molar-refractivity contribution in [2.75, 3.05) is 13.1 Å². The zero-order chi connectivity index (χ0) is 14.5. The lowest BCUT2D eigenvalue weighted by molar-refractivity contribution is -0.129. The van der Waals surface area contributed by atoms with Gasteiger partial charge in [0, 0.05) is 26.2 Å². The second-order valence-corrected chi connectivity index (χ2v) is 4.73. The van der Waals surface area contributed by atoms with E-state index in [0.717, 1.165) is 11.1 Å². The highest BCUT2D eigenvalue weighted by Crippen LogP contribution is 2.32. The molecule has 21 heavy (non-hydrogen) atoms. The minimum absolute atomic E-state index is 0. The molecule has 0 spiro atoms. The number of carbonyl (C=O) groups is 2. The highest BCUT2D eigenvalue weighted by atomic mass is 35.5. The molecule has 1 aliphatic rings. The summed E-state index contributed by atoms with van der Waals surface area (Å²) in [6.45, 7) is 2.36. The van der Waals surface area contributed by atoms with E-state index < -0.39 is 0 Å². The molecule has 3 N–H and O–H groups in total. The number of nitrogens with one attached hydrogen (secondary N) is 1. The number of benzene rings is 1. The van der Waals surface area contributed by atoms with Gasteiger partial charge in [0.1, 0.15) is 0 Å². The Morgan fingerprint density at radius 1 is 1.33 bits per heavy atom. The first-order chi connectivity index (χ1) is 9.63. The second kappa shape index (κ2) is 7.81. The Bertz CT molecular complexity index is 545. The van der Waals surface area contributed by atoms with E-state index in [4.69, 9.17) is 5.73 Å². The fourth-order valence-electron chi connectivity index (χ4n) is 2.37. The lowest BCUT2D eigenvalue weighted by Gasteiger charge is -2.32. The van der Waals surface area contributed by atoms with Gasteiger partial charge in [-0.25, -0.2) is 0 Å². The number of rotatable bonds is 4. The van der Waals surface area contributed by atoms with Crippen molar-refractivity contribution in [3.63, 3.8) is 0 Å². The van der Waals surface area contributed by atoms with Crippen LogP contribution >= 0.6 is 12.4 Å². The van der Waals surface area contributed by atoms with Crippen LogP contribution in [0, 0.1) is 0 Å². The number of fused-ring (bicyclic) bond motifs is 1. The van der Waals surface area contributed by atoms with Gasteiger partial charge in [-0.2, -0.15) is 0 Å². The fourth-order valence-corrected chi connectivity index (χ4v) is 2.37. The quantitative estimate of drug-likeness (QED) is 0.884. The molecule has 2 rings (SSSR count). The minimum Gasteiger partial charge on any atom is -0.355 e. The van der Waals surface area contributed by atoms with Gasteiger partial charge in [-0.15, -0.1) is 12.4 Å². The van der Waals surface area contributed by atoms with Crippen LogP contribution in [0.3, 0.4) is 0 Å². The van der Waals surface area contributed by atoms with E-state index in [9.17, 15) is 9.59 Å². The molecule has 1 aromatic carbocycles. The molecule has 0 aliphatic carbocycles. The van der Waals surface area contributed by atoms with Crippen molar-refractivity contribution in [1.29, 1.82) is 0 Å². The molecular formula is C15H20ClN3O2. The average Bonchev–Trinajstić information content (AvgIpc) is 2.45. The van der Waals surface area contributed by atoms with Crippen molar-refractivity contribution in [2.45, 2.75) is 19.4 Å². The highest BCUT2D eigenvalue weighted by molar-refractivity contribution is 5.85. The molecule has 6 heteroatoms. The highest BCUT2D eigenvalue weighted by Gasteiger charge is 2.27. The maximum absolute atomic E-state index is 11.9. The Kier molecular flexibility index (Phi) is 6.39. The van der Waals surface area contributed by atoms with E-state index in [-0.39, 0.29) is 36.7 Å². The summed E-state index contributed by atoms with van der Waals surface area (Å²) in [4.78, 5) is 25.3. The van der Waals surface area contributed by atoms with Gasteiger partial charge in [0.15, 0.2) is 0 Å². The molecule has 5 nitrogen and oxygen atoms in total. The number of carbonyl (C=O) groups excluding carboxylic acids is 2. The maximum Gasteiger partial charge on any atom is 0.223 e. The summed E-state index contributed by atoms with van der Waals surface area (Å²) in [5, 5.41) is 2.74. The topological polar surface area (TPSA) is 75.4 Å². The summed E-state index contributed by atoms with van der Waals surface area (Å²) < 4.78 is 0. The number of hydrogen-bond acceptors (Lipinski definition) is 3. The maximum atomic E-state index is 11.9. The van der Waals surface area contributed by atoms with Crippen LogP contribution in [0.15, 0.2) is 30.5 Å². The zero-order valence-electron chi connectivity index (χ0n) is 11.9. The molecule has 0 fully saturated rings. The Hall–Kier alpha value is -1.85. The molecule has 1 heterocycles. The molecule has 1 atom stereocenters. The summed E-state index contributed by atoms with van der Waals surface area (Å²) in [5.74, 6) is -0.177. The van der Waals surface area contributed by atoms with E-state index in [1.807, 2.05) is 30.3 Å². The smallest absolute Gasteiger partial charge is 0.223 e. The van der Waals surface area contributed by atoms with E-state index in [1.54, 1.807) is 11.1 Å². The summed E-state index contributed by atoms with van der Waals surface area (Å²) >= 11 is 0. The Labute approximate surface area is 130 Å². The van der Waals surface area contributed by atoms with Crippen molar-refractivity contribution in [3.05, 3.63) is 41.6 Å².